The highest BCUT2D eigenvalue weighted by Crippen LogP contribution is 2.29. The van der Waals surface area contributed by atoms with E-state index in [1.807, 2.05) is 0 Å². The molecule has 0 saturated heterocycles. The van der Waals surface area contributed by atoms with Crippen LogP contribution < -0.4 is 20.2 Å². The van der Waals surface area contributed by atoms with Crippen LogP contribution in [-0.2, 0) is 4.79 Å². The average molecular weight is 390 g/mol. The minimum absolute atomic E-state index is 0.0100. The average Bonchev–Trinajstić information content (AvgIpc) is 2.66. The molecule has 0 radical (unpaired) electrons. The Morgan fingerprint density at radius 3 is 2.41 bits per heavy atom. The van der Waals surface area contributed by atoms with E-state index in [9.17, 15) is 9.59 Å². The molecule has 2 rings (SSSR count). The Hall–Kier alpha value is -3.06. The van der Waals surface area contributed by atoms with Crippen LogP contribution in [0.25, 0.3) is 0 Å². The maximum Gasteiger partial charge on any atom is 0.271 e. The predicted molar refractivity (Wildman–Crippen MR) is 105 cm³/mol. The number of hydrazone groups is 1. The number of amides is 2. The molecule has 7 nitrogen and oxygen atoms in total. The van der Waals surface area contributed by atoms with E-state index >= 15 is 0 Å². The minimum atomic E-state index is -0.386. The third-order valence-electron chi connectivity index (χ3n) is 3.55. The number of nitrogens with one attached hydrogen (secondary N) is 2. The van der Waals surface area contributed by atoms with Crippen LogP contribution in [0.5, 0.6) is 11.5 Å². The first-order valence-electron chi connectivity index (χ1n) is 8.04. The number of anilines is 1. The fraction of sp³-hybridized carbons (Fsp3) is 0.211. The molecule has 27 heavy (non-hydrogen) atoms. The number of ether oxygens (including phenoxy) is 2. The molecule has 2 amide bonds. The van der Waals surface area contributed by atoms with E-state index in [1.54, 1.807) is 56.5 Å². The smallest absolute Gasteiger partial charge is 0.271 e. The van der Waals surface area contributed by atoms with Gasteiger partial charge in [-0.15, -0.1) is 0 Å². The fourth-order valence-electron chi connectivity index (χ4n) is 2.18. The fourth-order valence-corrected chi connectivity index (χ4v) is 2.31. The van der Waals surface area contributed by atoms with Gasteiger partial charge in [-0.25, -0.2) is 5.43 Å². The highest BCUT2D eigenvalue weighted by atomic mass is 35.5. The van der Waals surface area contributed by atoms with E-state index < -0.39 is 0 Å². The Morgan fingerprint density at radius 1 is 1.07 bits per heavy atom. The normalized spacial score (nSPS) is 10.9. The number of carbonyl (C=O) groups excluding carboxylic acids is 2. The summed E-state index contributed by atoms with van der Waals surface area (Å²) in [7, 11) is 3.05. The zero-order valence-corrected chi connectivity index (χ0v) is 16.0. The molecule has 0 aliphatic carbocycles. The zero-order valence-electron chi connectivity index (χ0n) is 15.2. The lowest BCUT2D eigenvalue weighted by Crippen LogP contribution is -2.21. The zero-order chi connectivity index (χ0) is 19.8. The van der Waals surface area contributed by atoms with Crippen LogP contribution in [0, 0.1) is 0 Å². The van der Waals surface area contributed by atoms with Crippen LogP contribution in [0.4, 0.5) is 5.69 Å². The lowest BCUT2D eigenvalue weighted by molar-refractivity contribution is -0.115. The highest BCUT2D eigenvalue weighted by Gasteiger charge is 2.11. The van der Waals surface area contributed by atoms with E-state index in [1.165, 1.54) is 7.11 Å². The van der Waals surface area contributed by atoms with Gasteiger partial charge >= 0.3 is 0 Å². The molecule has 0 aromatic heterocycles. The van der Waals surface area contributed by atoms with Gasteiger partial charge in [-0.05, 0) is 43.3 Å². The topological polar surface area (TPSA) is 89.0 Å². The van der Waals surface area contributed by atoms with Gasteiger partial charge in [0.1, 0.15) is 11.5 Å². The quantitative estimate of drug-likeness (QED) is 0.560. The molecule has 0 bridgehead atoms. The second kappa shape index (κ2) is 9.59. The monoisotopic (exact) mass is 389 g/mol. The van der Waals surface area contributed by atoms with E-state index in [4.69, 9.17) is 21.1 Å². The lowest BCUT2D eigenvalue weighted by Gasteiger charge is -2.11. The maximum absolute atomic E-state index is 12.2. The Kier molecular flexibility index (Phi) is 7.19. The largest absolute Gasteiger partial charge is 0.497 e. The van der Waals surface area contributed by atoms with Crippen LogP contribution >= 0.6 is 11.6 Å². The molecule has 0 aliphatic heterocycles. The molecule has 2 aromatic rings. The number of hydrogen-bond acceptors (Lipinski definition) is 5. The number of methoxy groups -OCH3 is 2. The van der Waals surface area contributed by atoms with Crippen LogP contribution in [0.3, 0.4) is 0 Å². The number of rotatable bonds is 7. The van der Waals surface area contributed by atoms with E-state index in [-0.39, 0.29) is 18.2 Å². The molecule has 2 N–H and O–H groups in total. The van der Waals surface area contributed by atoms with Gasteiger partial charge in [0.2, 0.25) is 5.91 Å². The van der Waals surface area contributed by atoms with Crippen molar-refractivity contribution in [1.82, 2.24) is 5.43 Å². The second-order valence-corrected chi connectivity index (χ2v) is 6.02. The third-order valence-corrected chi connectivity index (χ3v) is 3.81. The van der Waals surface area contributed by atoms with Crippen molar-refractivity contribution >= 4 is 34.8 Å². The van der Waals surface area contributed by atoms with Gasteiger partial charge in [-0.2, -0.15) is 5.10 Å². The summed E-state index contributed by atoms with van der Waals surface area (Å²) in [4.78, 5) is 24.2. The number of carbonyl (C=O) groups is 2. The minimum Gasteiger partial charge on any atom is -0.497 e. The molecule has 0 aliphatic rings. The number of benzene rings is 2. The second-order valence-electron chi connectivity index (χ2n) is 5.59. The van der Waals surface area contributed by atoms with E-state index in [2.05, 4.69) is 15.8 Å². The summed E-state index contributed by atoms with van der Waals surface area (Å²) in [6.07, 6.45) is 0.0100. The lowest BCUT2D eigenvalue weighted by atomic mass is 10.2. The Morgan fingerprint density at radius 2 is 1.78 bits per heavy atom. The van der Waals surface area contributed by atoms with Crippen LogP contribution in [0.2, 0.25) is 5.02 Å². The van der Waals surface area contributed by atoms with Crippen molar-refractivity contribution < 1.29 is 19.1 Å². The standard InChI is InChI=1S/C19H20ClN3O4/c1-12(22-23-19(25)13-4-6-14(20)7-5-13)10-18(24)21-16-9-8-15(26-2)11-17(16)27-3/h4-9,11H,10H2,1-3H3,(H,21,24)(H,23,25)/b22-12+. The van der Waals surface area contributed by atoms with Crippen molar-refractivity contribution in [2.24, 2.45) is 5.10 Å². The van der Waals surface area contributed by atoms with Gasteiger partial charge in [-0.1, -0.05) is 11.6 Å². The summed E-state index contributed by atoms with van der Waals surface area (Å²) in [6, 6.07) is 11.5. The number of nitrogens with zero attached hydrogens (tertiary/aromatic N) is 1. The summed E-state index contributed by atoms with van der Waals surface area (Å²) in [6.45, 7) is 1.65. The molecule has 0 unspecified atom stereocenters. The summed E-state index contributed by atoms with van der Waals surface area (Å²) < 4.78 is 10.4. The first kappa shape index (κ1) is 20.3. The van der Waals surface area contributed by atoms with Gasteiger partial charge in [0, 0.05) is 22.4 Å². The van der Waals surface area contributed by atoms with E-state index in [0.29, 0.717) is 33.5 Å². The molecule has 0 saturated carbocycles. The van der Waals surface area contributed by atoms with Crippen molar-refractivity contribution in [2.75, 3.05) is 19.5 Å². The molecule has 0 fully saturated rings. The molecule has 0 atom stereocenters. The van der Waals surface area contributed by atoms with Crippen LogP contribution in [-0.4, -0.2) is 31.7 Å². The van der Waals surface area contributed by atoms with Gasteiger partial charge in [0.25, 0.3) is 5.91 Å². The molecule has 142 valence electrons. The third kappa shape index (κ3) is 6.00. The van der Waals surface area contributed by atoms with Crippen LogP contribution in [0.1, 0.15) is 23.7 Å². The van der Waals surface area contributed by atoms with Crippen molar-refractivity contribution in [3.05, 3.63) is 53.1 Å². The molecular formula is C19H20ClN3O4. The van der Waals surface area contributed by atoms with E-state index in [0.717, 1.165) is 0 Å². The molecule has 0 spiro atoms. The molecule has 2 aromatic carbocycles. The first-order valence-corrected chi connectivity index (χ1v) is 8.41. The van der Waals surface area contributed by atoms with Gasteiger partial charge in [0.15, 0.2) is 0 Å². The van der Waals surface area contributed by atoms with Gasteiger partial charge in [-0.3, -0.25) is 9.59 Å². The Bertz CT molecular complexity index is 851. The molecule has 8 heteroatoms. The van der Waals surface area contributed by atoms with Crippen molar-refractivity contribution in [2.45, 2.75) is 13.3 Å². The first-order chi connectivity index (χ1) is 12.9. The molecule has 0 heterocycles. The molecular weight excluding hydrogens is 370 g/mol. The Labute approximate surface area is 162 Å². The van der Waals surface area contributed by atoms with Crippen molar-refractivity contribution in [3.8, 4) is 11.5 Å². The summed E-state index contributed by atoms with van der Waals surface area (Å²) in [5, 5.41) is 7.23. The van der Waals surface area contributed by atoms with Gasteiger partial charge in [0.05, 0.1) is 26.3 Å². The maximum atomic E-state index is 12.2. The number of halogens is 1. The SMILES string of the molecule is COc1ccc(NC(=O)C/C(C)=N/NC(=O)c2ccc(Cl)cc2)c(OC)c1. The summed E-state index contributed by atoms with van der Waals surface area (Å²) in [5.41, 5.74) is 3.79. The number of hydrogen-bond donors (Lipinski definition) is 2. The highest BCUT2D eigenvalue weighted by molar-refractivity contribution is 6.30. The predicted octanol–water partition coefficient (Wildman–Crippen LogP) is 3.49. The van der Waals surface area contributed by atoms with Gasteiger partial charge < -0.3 is 14.8 Å². The van der Waals surface area contributed by atoms with Crippen molar-refractivity contribution in [1.29, 1.82) is 0 Å². The summed E-state index contributed by atoms with van der Waals surface area (Å²) >= 11 is 5.79. The Balaban J connectivity index is 1.94. The van der Waals surface area contributed by atoms with Crippen molar-refractivity contribution in [3.63, 3.8) is 0 Å². The van der Waals surface area contributed by atoms with Crippen LogP contribution in [0.15, 0.2) is 47.6 Å². The summed E-state index contributed by atoms with van der Waals surface area (Å²) in [5.74, 6) is 0.421.